The van der Waals surface area contributed by atoms with Gasteiger partial charge in [0.1, 0.15) is 5.75 Å². The summed E-state index contributed by atoms with van der Waals surface area (Å²) in [6.45, 7) is 8.09. The second kappa shape index (κ2) is 10.3. The summed E-state index contributed by atoms with van der Waals surface area (Å²) in [5, 5.41) is 6.89. The van der Waals surface area contributed by atoms with Gasteiger partial charge in [-0.2, -0.15) is 0 Å². The van der Waals surface area contributed by atoms with E-state index in [1.165, 1.54) is 18.4 Å². The summed E-state index contributed by atoms with van der Waals surface area (Å²) >= 11 is 0. The Balaban J connectivity index is 0.00000243. The fourth-order valence-electron chi connectivity index (χ4n) is 3.34. The van der Waals surface area contributed by atoms with Crippen molar-refractivity contribution in [3.63, 3.8) is 0 Å². The third kappa shape index (κ3) is 5.74. The Morgan fingerprint density at radius 1 is 1.19 bits per heavy atom. The lowest BCUT2D eigenvalue weighted by molar-refractivity contribution is 0.0531. The molecule has 0 amide bonds. The van der Waals surface area contributed by atoms with Crippen LogP contribution in [0.25, 0.3) is 0 Å². The van der Waals surface area contributed by atoms with E-state index in [4.69, 9.17) is 14.5 Å². The summed E-state index contributed by atoms with van der Waals surface area (Å²) in [6, 6.07) is 9.16. The molecule has 146 valence electrons. The van der Waals surface area contributed by atoms with Crippen molar-refractivity contribution in [2.45, 2.75) is 51.0 Å². The normalized spacial score (nSPS) is 19.4. The van der Waals surface area contributed by atoms with E-state index in [1.54, 1.807) is 0 Å². The van der Waals surface area contributed by atoms with Gasteiger partial charge in [-0.1, -0.05) is 12.1 Å². The van der Waals surface area contributed by atoms with Crippen molar-refractivity contribution in [2.75, 3.05) is 32.9 Å². The smallest absolute Gasteiger partial charge is 0.191 e. The van der Waals surface area contributed by atoms with Crippen molar-refractivity contribution in [2.24, 2.45) is 4.99 Å². The minimum Gasteiger partial charge on any atom is -0.494 e. The number of ether oxygens (including phenoxy) is 2. The van der Waals surface area contributed by atoms with Gasteiger partial charge in [-0.3, -0.25) is 4.99 Å². The molecule has 0 atom stereocenters. The summed E-state index contributed by atoms with van der Waals surface area (Å²) in [6.07, 6.45) is 4.52. The maximum absolute atomic E-state index is 5.63. The maximum Gasteiger partial charge on any atom is 0.191 e. The molecule has 1 saturated heterocycles. The summed E-state index contributed by atoms with van der Waals surface area (Å²) in [5.41, 5.74) is 1.39. The van der Waals surface area contributed by atoms with Crippen LogP contribution in [0.5, 0.6) is 5.75 Å². The first-order chi connectivity index (χ1) is 12.3. The lowest BCUT2D eigenvalue weighted by atomic mass is 9.74. The summed E-state index contributed by atoms with van der Waals surface area (Å²) in [4.78, 5) is 4.93. The van der Waals surface area contributed by atoms with Gasteiger partial charge in [0.15, 0.2) is 5.96 Å². The second-order valence-corrected chi connectivity index (χ2v) is 6.96. The number of hydrogen-bond donors (Lipinski definition) is 2. The van der Waals surface area contributed by atoms with Crippen LogP contribution >= 0.6 is 24.0 Å². The summed E-state index contributed by atoms with van der Waals surface area (Å²) in [7, 11) is 0. The molecule has 1 aromatic rings. The Labute approximate surface area is 174 Å². The van der Waals surface area contributed by atoms with Crippen molar-refractivity contribution in [3.05, 3.63) is 29.8 Å². The maximum atomic E-state index is 5.63. The summed E-state index contributed by atoms with van der Waals surface area (Å²) in [5.74, 6) is 1.88. The van der Waals surface area contributed by atoms with Gasteiger partial charge < -0.3 is 20.1 Å². The molecule has 6 heteroatoms. The summed E-state index contributed by atoms with van der Waals surface area (Å²) < 4.78 is 11.2. The Morgan fingerprint density at radius 3 is 2.46 bits per heavy atom. The molecule has 1 heterocycles. The zero-order valence-corrected chi connectivity index (χ0v) is 18.3. The van der Waals surface area contributed by atoms with E-state index < -0.39 is 0 Å². The van der Waals surface area contributed by atoms with E-state index in [0.29, 0.717) is 12.6 Å². The van der Waals surface area contributed by atoms with Crippen LogP contribution in [0.15, 0.2) is 29.3 Å². The van der Waals surface area contributed by atoms with Gasteiger partial charge in [0.2, 0.25) is 0 Å². The quantitative estimate of drug-likeness (QED) is 0.362. The Bertz CT molecular complexity index is 567. The monoisotopic (exact) mass is 473 g/mol. The largest absolute Gasteiger partial charge is 0.494 e. The molecule has 0 bridgehead atoms. The first-order valence-corrected chi connectivity index (χ1v) is 9.61. The lowest BCUT2D eigenvalue weighted by Gasteiger charge is -2.36. The van der Waals surface area contributed by atoms with E-state index in [0.717, 1.165) is 50.9 Å². The van der Waals surface area contributed by atoms with Crippen LogP contribution in [0.1, 0.15) is 45.1 Å². The molecule has 1 saturated carbocycles. The van der Waals surface area contributed by atoms with Crippen molar-refractivity contribution in [1.29, 1.82) is 0 Å². The fraction of sp³-hybridized carbons (Fsp3) is 0.650. The van der Waals surface area contributed by atoms with E-state index >= 15 is 0 Å². The van der Waals surface area contributed by atoms with Crippen molar-refractivity contribution in [1.82, 2.24) is 10.6 Å². The van der Waals surface area contributed by atoms with Gasteiger partial charge in [0, 0.05) is 31.2 Å². The van der Waals surface area contributed by atoms with Gasteiger partial charge in [0.05, 0.1) is 13.2 Å². The third-order valence-electron chi connectivity index (χ3n) is 5.03. The molecule has 1 aromatic carbocycles. The predicted molar refractivity (Wildman–Crippen MR) is 117 cm³/mol. The topological polar surface area (TPSA) is 54.9 Å². The minimum atomic E-state index is 0. The number of rotatable bonds is 7. The van der Waals surface area contributed by atoms with E-state index in [9.17, 15) is 0 Å². The molecule has 2 aliphatic rings. The van der Waals surface area contributed by atoms with Crippen LogP contribution in [0.4, 0.5) is 0 Å². The number of aliphatic imine (C=N–C) groups is 1. The van der Waals surface area contributed by atoms with Crippen LogP contribution in [-0.4, -0.2) is 44.9 Å². The number of benzene rings is 1. The van der Waals surface area contributed by atoms with Gasteiger partial charge in [-0.25, -0.2) is 0 Å². The molecule has 26 heavy (non-hydrogen) atoms. The Kier molecular flexibility index (Phi) is 8.47. The molecular weight excluding hydrogens is 441 g/mol. The fourth-order valence-corrected chi connectivity index (χ4v) is 3.34. The molecule has 5 nitrogen and oxygen atoms in total. The molecule has 1 aliphatic heterocycles. The third-order valence-corrected chi connectivity index (χ3v) is 5.03. The standard InChI is InChI=1S/C20H31N3O2.HI/c1-3-21-19(23-17-7-8-17)22-15-20(11-13-24-14-12-20)16-5-9-18(10-6-16)25-4-2;/h5-6,9-10,17H,3-4,7-8,11-15H2,1-2H3,(H2,21,22,23);1H. The molecule has 0 spiro atoms. The molecular formula is C20H32IN3O2. The van der Waals surface area contributed by atoms with Crippen molar-refractivity contribution < 1.29 is 9.47 Å². The van der Waals surface area contributed by atoms with Gasteiger partial charge in [-0.05, 0) is 57.2 Å². The Morgan fingerprint density at radius 2 is 1.88 bits per heavy atom. The van der Waals surface area contributed by atoms with Crippen molar-refractivity contribution >= 4 is 29.9 Å². The van der Waals surface area contributed by atoms with E-state index in [-0.39, 0.29) is 29.4 Å². The second-order valence-electron chi connectivity index (χ2n) is 6.96. The lowest BCUT2D eigenvalue weighted by Crippen LogP contribution is -2.42. The first kappa shape index (κ1) is 21.3. The Hall–Kier alpha value is -1.02. The van der Waals surface area contributed by atoms with Gasteiger partial charge in [0.25, 0.3) is 0 Å². The highest BCUT2D eigenvalue weighted by atomic mass is 127. The highest BCUT2D eigenvalue weighted by Crippen LogP contribution is 2.36. The number of nitrogens with one attached hydrogen (secondary N) is 2. The van der Waals surface area contributed by atoms with Gasteiger partial charge in [-0.15, -0.1) is 24.0 Å². The number of guanidine groups is 1. The molecule has 0 aromatic heterocycles. The van der Waals surface area contributed by atoms with Crippen LogP contribution in [0.2, 0.25) is 0 Å². The zero-order valence-electron chi connectivity index (χ0n) is 15.9. The SMILES string of the molecule is CCNC(=NCC1(c2ccc(OCC)cc2)CCOCC1)NC1CC1.I. The average Bonchev–Trinajstić information content (AvgIpc) is 3.46. The minimum absolute atomic E-state index is 0. The number of hydrogen-bond acceptors (Lipinski definition) is 3. The first-order valence-electron chi connectivity index (χ1n) is 9.61. The highest BCUT2D eigenvalue weighted by Gasteiger charge is 2.34. The molecule has 0 unspecified atom stereocenters. The van der Waals surface area contributed by atoms with Crippen LogP contribution in [-0.2, 0) is 10.2 Å². The van der Waals surface area contributed by atoms with E-state index in [1.807, 2.05) is 6.92 Å². The molecule has 2 N–H and O–H groups in total. The molecule has 3 rings (SSSR count). The van der Waals surface area contributed by atoms with Crippen LogP contribution in [0.3, 0.4) is 0 Å². The van der Waals surface area contributed by atoms with E-state index in [2.05, 4.69) is 41.8 Å². The molecule has 1 aliphatic carbocycles. The number of halogens is 1. The van der Waals surface area contributed by atoms with Crippen LogP contribution < -0.4 is 15.4 Å². The zero-order chi connectivity index (χ0) is 17.5. The van der Waals surface area contributed by atoms with Gasteiger partial charge >= 0.3 is 0 Å². The van der Waals surface area contributed by atoms with Crippen LogP contribution in [0, 0.1) is 0 Å². The number of nitrogens with zero attached hydrogens (tertiary/aromatic N) is 1. The predicted octanol–water partition coefficient (Wildman–Crippen LogP) is 3.47. The average molecular weight is 473 g/mol. The van der Waals surface area contributed by atoms with Crippen molar-refractivity contribution in [3.8, 4) is 5.75 Å². The highest BCUT2D eigenvalue weighted by molar-refractivity contribution is 14.0. The molecule has 2 fully saturated rings. The molecule has 0 radical (unpaired) electrons.